The molecule has 5 nitrogen and oxygen atoms in total. The number of carbonyl (C=O) groups is 1. The van der Waals surface area contributed by atoms with Crippen LogP contribution in [0.4, 0.5) is 11.5 Å². The summed E-state index contributed by atoms with van der Waals surface area (Å²) >= 11 is 3.41. The Labute approximate surface area is 109 Å². The summed E-state index contributed by atoms with van der Waals surface area (Å²) in [6.07, 6.45) is 2.74. The molecule has 1 aromatic rings. The second-order valence-corrected chi connectivity index (χ2v) is 4.53. The van der Waals surface area contributed by atoms with Crippen LogP contribution >= 0.6 is 15.9 Å². The molecule has 1 rings (SSSR count). The number of anilines is 2. The zero-order valence-electron chi connectivity index (χ0n) is 9.94. The summed E-state index contributed by atoms with van der Waals surface area (Å²) in [5.41, 5.74) is 6.23. The first kappa shape index (κ1) is 13.8. The molecule has 0 spiro atoms. The fraction of sp³-hybridized carbons (Fsp3) is 0.455. The van der Waals surface area contributed by atoms with Crippen molar-refractivity contribution < 1.29 is 9.53 Å². The molecule has 0 saturated carbocycles. The minimum absolute atomic E-state index is 0.192. The number of pyridine rings is 1. The fourth-order valence-electron chi connectivity index (χ4n) is 1.39. The molecule has 17 heavy (non-hydrogen) atoms. The molecule has 0 bridgehead atoms. The van der Waals surface area contributed by atoms with Gasteiger partial charge in [-0.15, -0.1) is 0 Å². The summed E-state index contributed by atoms with van der Waals surface area (Å²) in [5, 5.41) is 0. The van der Waals surface area contributed by atoms with Crippen LogP contribution in [-0.4, -0.2) is 31.7 Å². The van der Waals surface area contributed by atoms with Gasteiger partial charge in [-0.2, -0.15) is 0 Å². The minimum Gasteiger partial charge on any atom is -0.469 e. The summed E-state index contributed by atoms with van der Waals surface area (Å²) in [4.78, 5) is 17.2. The van der Waals surface area contributed by atoms with E-state index in [-0.39, 0.29) is 5.97 Å². The molecule has 1 aromatic heterocycles. The number of hydrogen-bond donors (Lipinski definition) is 1. The lowest BCUT2D eigenvalue weighted by Gasteiger charge is -2.19. The summed E-state index contributed by atoms with van der Waals surface area (Å²) in [6, 6.07) is 1.80. The van der Waals surface area contributed by atoms with Crippen LogP contribution in [0, 0.1) is 0 Å². The van der Waals surface area contributed by atoms with Crippen LogP contribution in [-0.2, 0) is 9.53 Å². The Morgan fingerprint density at radius 2 is 2.35 bits per heavy atom. The highest BCUT2D eigenvalue weighted by atomic mass is 79.9. The maximum atomic E-state index is 11.0. The van der Waals surface area contributed by atoms with Gasteiger partial charge >= 0.3 is 5.97 Å². The zero-order chi connectivity index (χ0) is 12.8. The van der Waals surface area contributed by atoms with Gasteiger partial charge in [0.25, 0.3) is 0 Å². The van der Waals surface area contributed by atoms with Crippen molar-refractivity contribution in [3.63, 3.8) is 0 Å². The van der Waals surface area contributed by atoms with E-state index in [1.54, 1.807) is 12.3 Å². The van der Waals surface area contributed by atoms with Crippen molar-refractivity contribution in [1.82, 2.24) is 4.98 Å². The van der Waals surface area contributed by atoms with E-state index in [1.807, 2.05) is 11.9 Å². The molecule has 0 aromatic carbocycles. The molecule has 1 heterocycles. The van der Waals surface area contributed by atoms with Gasteiger partial charge in [0.1, 0.15) is 5.82 Å². The number of nitrogens with two attached hydrogens (primary N) is 1. The number of esters is 1. The Hall–Kier alpha value is -1.30. The maximum absolute atomic E-state index is 11.0. The van der Waals surface area contributed by atoms with Gasteiger partial charge < -0.3 is 15.4 Å². The van der Waals surface area contributed by atoms with E-state index in [4.69, 9.17) is 5.73 Å². The van der Waals surface area contributed by atoms with E-state index in [0.717, 1.165) is 23.3 Å². The molecule has 2 N–H and O–H groups in total. The van der Waals surface area contributed by atoms with Crippen LogP contribution in [0.3, 0.4) is 0 Å². The lowest BCUT2D eigenvalue weighted by Crippen LogP contribution is -2.21. The van der Waals surface area contributed by atoms with Crippen LogP contribution in [0.2, 0.25) is 0 Å². The van der Waals surface area contributed by atoms with Gasteiger partial charge in [-0.25, -0.2) is 4.98 Å². The molecule has 0 fully saturated rings. The van der Waals surface area contributed by atoms with Crippen molar-refractivity contribution in [3.05, 3.63) is 16.7 Å². The molecular formula is C11H16BrN3O2. The van der Waals surface area contributed by atoms with E-state index in [0.29, 0.717) is 12.1 Å². The zero-order valence-corrected chi connectivity index (χ0v) is 11.5. The fourth-order valence-corrected chi connectivity index (χ4v) is 2.06. The van der Waals surface area contributed by atoms with Crippen LogP contribution in [0.15, 0.2) is 16.7 Å². The van der Waals surface area contributed by atoms with Gasteiger partial charge in [-0.1, -0.05) is 0 Å². The molecule has 0 aliphatic heterocycles. The predicted molar refractivity (Wildman–Crippen MR) is 70.9 cm³/mol. The third-order valence-corrected chi connectivity index (χ3v) is 2.89. The maximum Gasteiger partial charge on any atom is 0.305 e. The first-order chi connectivity index (χ1) is 8.04. The first-order valence-corrected chi connectivity index (χ1v) is 6.03. The normalized spacial score (nSPS) is 10.1. The molecule has 0 unspecified atom stereocenters. The van der Waals surface area contributed by atoms with E-state index >= 15 is 0 Å². The third-order valence-electron chi connectivity index (χ3n) is 2.31. The van der Waals surface area contributed by atoms with Crippen molar-refractivity contribution in [2.75, 3.05) is 31.3 Å². The molecule has 0 saturated heterocycles. The van der Waals surface area contributed by atoms with Gasteiger partial charge in [0.15, 0.2) is 0 Å². The van der Waals surface area contributed by atoms with Gasteiger partial charge in [-0.3, -0.25) is 4.79 Å². The molecule has 0 atom stereocenters. The Bertz CT molecular complexity index is 398. The number of aromatic nitrogens is 1. The SMILES string of the molecule is COC(=O)CCCN(C)c1ncc(N)cc1Br. The monoisotopic (exact) mass is 301 g/mol. The number of ether oxygens (including phenoxy) is 1. The standard InChI is InChI=1S/C11H16BrN3O2/c1-15(5-3-4-10(16)17-2)11-9(12)6-8(13)7-14-11/h6-7H,3-5,13H2,1-2H3. The summed E-state index contributed by atoms with van der Waals surface area (Å²) in [5.74, 6) is 0.617. The molecule has 94 valence electrons. The number of nitrogens with zero attached hydrogens (tertiary/aromatic N) is 2. The van der Waals surface area contributed by atoms with E-state index in [9.17, 15) is 4.79 Å². The molecule has 0 amide bonds. The van der Waals surface area contributed by atoms with Gasteiger partial charge in [-0.05, 0) is 28.4 Å². The number of nitrogen functional groups attached to an aromatic ring is 1. The van der Waals surface area contributed by atoms with Crippen LogP contribution in [0.25, 0.3) is 0 Å². The number of methoxy groups -OCH3 is 1. The highest BCUT2D eigenvalue weighted by Gasteiger charge is 2.08. The van der Waals surface area contributed by atoms with Crippen molar-refractivity contribution in [2.24, 2.45) is 0 Å². The average molecular weight is 302 g/mol. The number of halogens is 1. The lowest BCUT2D eigenvalue weighted by molar-refractivity contribution is -0.140. The minimum atomic E-state index is -0.192. The highest BCUT2D eigenvalue weighted by Crippen LogP contribution is 2.24. The van der Waals surface area contributed by atoms with Crippen LogP contribution < -0.4 is 10.6 Å². The van der Waals surface area contributed by atoms with Crippen molar-refractivity contribution in [1.29, 1.82) is 0 Å². The summed E-state index contributed by atoms with van der Waals surface area (Å²) in [7, 11) is 3.31. The molecular weight excluding hydrogens is 286 g/mol. The smallest absolute Gasteiger partial charge is 0.305 e. The average Bonchev–Trinajstić information content (AvgIpc) is 2.28. The topological polar surface area (TPSA) is 68.5 Å². The van der Waals surface area contributed by atoms with E-state index < -0.39 is 0 Å². The second-order valence-electron chi connectivity index (χ2n) is 3.68. The van der Waals surface area contributed by atoms with Crippen molar-refractivity contribution in [3.8, 4) is 0 Å². The van der Waals surface area contributed by atoms with E-state index in [2.05, 4.69) is 25.7 Å². The van der Waals surface area contributed by atoms with E-state index in [1.165, 1.54) is 7.11 Å². The number of rotatable bonds is 5. The Kier molecular flexibility index (Phi) is 5.21. The van der Waals surface area contributed by atoms with Gasteiger partial charge in [0.05, 0.1) is 23.5 Å². The van der Waals surface area contributed by atoms with Gasteiger partial charge in [0, 0.05) is 20.0 Å². The Morgan fingerprint density at radius 3 is 2.94 bits per heavy atom. The predicted octanol–water partition coefficient (Wildman–Crippen LogP) is 1.82. The summed E-state index contributed by atoms with van der Waals surface area (Å²) < 4.78 is 5.42. The molecule has 6 heteroatoms. The lowest BCUT2D eigenvalue weighted by atomic mass is 10.3. The Morgan fingerprint density at radius 1 is 1.65 bits per heavy atom. The highest BCUT2D eigenvalue weighted by molar-refractivity contribution is 9.10. The third kappa shape index (κ3) is 4.22. The number of hydrogen-bond acceptors (Lipinski definition) is 5. The van der Waals surface area contributed by atoms with Crippen molar-refractivity contribution >= 4 is 33.4 Å². The number of carbonyl (C=O) groups excluding carboxylic acids is 1. The van der Waals surface area contributed by atoms with Crippen LogP contribution in [0.1, 0.15) is 12.8 Å². The van der Waals surface area contributed by atoms with Crippen molar-refractivity contribution in [2.45, 2.75) is 12.8 Å². The van der Waals surface area contributed by atoms with Gasteiger partial charge in [0.2, 0.25) is 0 Å². The second kappa shape index (κ2) is 6.44. The van der Waals surface area contributed by atoms with Crippen LogP contribution in [0.5, 0.6) is 0 Å². The molecule has 0 aliphatic carbocycles. The first-order valence-electron chi connectivity index (χ1n) is 5.23. The molecule has 0 aliphatic rings. The summed E-state index contributed by atoms with van der Waals surface area (Å²) in [6.45, 7) is 0.727. The Balaban J connectivity index is 2.52. The largest absolute Gasteiger partial charge is 0.469 e. The quantitative estimate of drug-likeness (QED) is 0.840. The molecule has 0 radical (unpaired) electrons.